The first-order chi connectivity index (χ1) is 8.77. The van der Waals surface area contributed by atoms with Crippen molar-refractivity contribution in [2.45, 2.75) is 18.9 Å². The minimum atomic E-state index is -0.953. The second-order valence-electron chi connectivity index (χ2n) is 4.50. The van der Waals surface area contributed by atoms with Gasteiger partial charge >= 0.3 is 0 Å². The Morgan fingerprint density at radius 2 is 2.06 bits per heavy atom. The number of amides is 1. The van der Waals surface area contributed by atoms with Crippen molar-refractivity contribution in [3.05, 3.63) is 35.9 Å². The number of carbonyl (C=O) groups excluding carboxylic acids is 1. The van der Waals surface area contributed by atoms with E-state index in [1.54, 1.807) is 4.90 Å². The second kappa shape index (κ2) is 6.52. The van der Waals surface area contributed by atoms with E-state index >= 15 is 0 Å². The third-order valence-corrected chi connectivity index (χ3v) is 3.09. The van der Waals surface area contributed by atoms with Gasteiger partial charge in [0.2, 0.25) is 0 Å². The van der Waals surface area contributed by atoms with Crippen LogP contribution in [-0.4, -0.2) is 48.3 Å². The summed E-state index contributed by atoms with van der Waals surface area (Å²) in [5, 5.41) is 9.98. The van der Waals surface area contributed by atoms with Crippen molar-refractivity contribution in [3.8, 4) is 0 Å². The van der Waals surface area contributed by atoms with Crippen LogP contribution in [-0.2, 0) is 16.0 Å². The molecule has 1 aromatic carbocycles. The summed E-state index contributed by atoms with van der Waals surface area (Å²) in [5.74, 6) is -0.190. The first-order valence-electron chi connectivity index (χ1n) is 6.36. The molecule has 1 saturated heterocycles. The van der Waals surface area contributed by atoms with Gasteiger partial charge in [0.15, 0.2) is 0 Å². The van der Waals surface area contributed by atoms with Crippen molar-refractivity contribution in [2.75, 3.05) is 26.3 Å². The fourth-order valence-electron chi connectivity index (χ4n) is 2.10. The Hall–Kier alpha value is -1.39. The molecule has 0 aromatic heterocycles. The van der Waals surface area contributed by atoms with Gasteiger partial charge in [0.1, 0.15) is 6.10 Å². The molecule has 1 heterocycles. The standard InChI is InChI=1S/C14H19NO3/c16-13(11-12-5-2-1-3-6-12)14(17)15-7-4-9-18-10-8-15/h1-3,5-6,13,16H,4,7-11H2/t13-/m0/s1. The maximum absolute atomic E-state index is 12.1. The van der Waals surface area contributed by atoms with Crippen LogP contribution in [0, 0.1) is 0 Å². The summed E-state index contributed by atoms with van der Waals surface area (Å²) in [6.07, 6.45) is 0.256. The Balaban J connectivity index is 1.91. The maximum atomic E-state index is 12.1. The van der Waals surface area contributed by atoms with Gasteiger partial charge in [-0.1, -0.05) is 30.3 Å². The predicted molar refractivity (Wildman–Crippen MR) is 68.2 cm³/mol. The average molecular weight is 249 g/mol. The van der Waals surface area contributed by atoms with Crippen LogP contribution in [0.5, 0.6) is 0 Å². The zero-order chi connectivity index (χ0) is 12.8. The molecule has 0 bridgehead atoms. The summed E-state index contributed by atoms with van der Waals surface area (Å²) in [6, 6.07) is 9.58. The highest BCUT2D eigenvalue weighted by Crippen LogP contribution is 2.07. The number of hydrogen-bond acceptors (Lipinski definition) is 3. The molecule has 4 heteroatoms. The van der Waals surface area contributed by atoms with E-state index < -0.39 is 6.10 Å². The quantitative estimate of drug-likeness (QED) is 0.863. The van der Waals surface area contributed by atoms with Crippen molar-refractivity contribution in [1.29, 1.82) is 0 Å². The summed E-state index contributed by atoms with van der Waals surface area (Å²) in [5.41, 5.74) is 0.976. The van der Waals surface area contributed by atoms with E-state index in [0.29, 0.717) is 32.7 Å². The number of nitrogens with zero attached hydrogens (tertiary/aromatic N) is 1. The lowest BCUT2D eigenvalue weighted by Crippen LogP contribution is -2.41. The third-order valence-electron chi connectivity index (χ3n) is 3.09. The molecule has 4 nitrogen and oxygen atoms in total. The molecule has 1 N–H and O–H groups in total. The van der Waals surface area contributed by atoms with Crippen LogP contribution < -0.4 is 0 Å². The Labute approximate surface area is 107 Å². The van der Waals surface area contributed by atoms with Crippen LogP contribution in [0.4, 0.5) is 0 Å². The van der Waals surface area contributed by atoms with Crippen molar-refractivity contribution < 1.29 is 14.6 Å². The molecule has 1 amide bonds. The van der Waals surface area contributed by atoms with Crippen molar-refractivity contribution in [2.24, 2.45) is 0 Å². The van der Waals surface area contributed by atoms with E-state index in [1.165, 1.54) is 0 Å². The van der Waals surface area contributed by atoms with Gasteiger partial charge in [-0.25, -0.2) is 0 Å². The van der Waals surface area contributed by atoms with E-state index in [2.05, 4.69) is 0 Å². The van der Waals surface area contributed by atoms with Crippen molar-refractivity contribution >= 4 is 5.91 Å². The summed E-state index contributed by atoms with van der Waals surface area (Å²) >= 11 is 0. The molecule has 0 aliphatic carbocycles. The monoisotopic (exact) mass is 249 g/mol. The summed E-state index contributed by atoms with van der Waals surface area (Å²) in [7, 11) is 0. The molecule has 1 aliphatic rings. The maximum Gasteiger partial charge on any atom is 0.251 e. The molecule has 0 spiro atoms. The van der Waals surface area contributed by atoms with Crippen molar-refractivity contribution in [3.63, 3.8) is 0 Å². The lowest BCUT2D eigenvalue weighted by molar-refractivity contribution is -0.140. The third kappa shape index (κ3) is 3.55. The fourth-order valence-corrected chi connectivity index (χ4v) is 2.10. The number of hydrogen-bond donors (Lipinski definition) is 1. The largest absolute Gasteiger partial charge is 0.383 e. The molecule has 1 aromatic rings. The summed E-state index contributed by atoms with van der Waals surface area (Å²) in [4.78, 5) is 13.8. The molecule has 18 heavy (non-hydrogen) atoms. The second-order valence-corrected chi connectivity index (χ2v) is 4.50. The highest BCUT2D eigenvalue weighted by atomic mass is 16.5. The van der Waals surface area contributed by atoms with E-state index in [0.717, 1.165) is 12.0 Å². The zero-order valence-corrected chi connectivity index (χ0v) is 10.4. The molecule has 1 aliphatic heterocycles. The predicted octanol–water partition coefficient (Wildman–Crippen LogP) is 0.839. The normalized spacial score (nSPS) is 18.2. The molecule has 0 radical (unpaired) electrons. The van der Waals surface area contributed by atoms with Gasteiger partial charge in [0, 0.05) is 26.1 Å². The summed E-state index contributed by atoms with van der Waals surface area (Å²) < 4.78 is 5.30. The molecule has 0 unspecified atom stereocenters. The van der Waals surface area contributed by atoms with E-state index in [1.807, 2.05) is 30.3 Å². The Bertz CT molecular complexity index is 372. The van der Waals surface area contributed by atoms with E-state index in [-0.39, 0.29) is 5.91 Å². The van der Waals surface area contributed by atoms with E-state index in [4.69, 9.17) is 4.74 Å². The lowest BCUT2D eigenvalue weighted by atomic mass is 10.1. The van der Waals surface area contributed by atoms with Gasteiger partial charge in [-0.05, 0) is 12.0 Å². The molecular formula is C14H19NO3. The number of aliphatic hydroxyl groups excluding tert-OH is 1. The Morgan fingerprint density at radius 1 is 1.28 bits per heavy atom. The minimum Gasteiger partial charge on any atom is -0.383 e. The molecular weight excluding hydrogens is 230 g/mol. The van der Waals surface area contributed by atoms with Crippen molar-refractivity contribution in [1.82, 2.24) is 4.90 Å². The van der Waals surface area contributed by atoms with Crippen LogP contribution in [0.25, 0.3) is 0 Å². The fraction of sp³-hybridized carbons (Fsp3) is 0.500. The lowest BCUT2D eigenvalue weighted by Gasteiger charge is -2.22. The molecule has 2 rings (SSSR count). The SMILES string of the molecule is O=C([C@@H](O)Cc1ccccc1)N1CCCOCC1. The summed E-state index contributed by atoms with van der Waals surface area (Å²) in [6.45, 7) is 2.50. The smallest absolute Gasteiger partial charge is 0.251 e. The highest BCUT2D eigenvalue weighted by Gasteiger charge is 2.23. The molecule has 1 atom stereocenters. The van der Waals surface area contributed by atoms with Crippen LogP contribution in [0.15, 0.2) is 30.3 Å². The number of benzene rings is 1. The average Bonchev–Trinajstić information content (AvgIpc) is 2.68. The number of rotatable bonds is 3. The highest BCUT2D eigenvalue weighted by molar-refractivity contribution is 5.81. The van der Waals surface area contributed by atoms with Gasteiger partial charge in [0.25, 0.3) is 5.91 Å². The number of aliphatic hydroxyl groups is 1. The first kappa shape index (κ1) is 13.1. The van der Waals surface area contributed by atoms with E-state index in [9.17, 15) is 9.90 Å². The van der Waals surface area contributed by atoms with Gasteiger partial charge in [0.05, 0.1) is 6.61 Å². The number of ether oxygens (including phenoxy) is 1. The number of carbonyl (C=O) groups is 1. The molecule has 0 saturated carbocycles. The Morgan fingerprint density at radius 3 is 2.83 bits per heavy atom. The molecule has 98 valence electrons. The Kier molecular flexibility index (Phi) is 4.73. The van der Waals surface area contributed by atoms with Crippen LogP contribution in [0.2, 0.25) is 0 Å². The first-order valence-corrected chi connectivity index (χ1v) is 6.36. The zero-order valence-electron chi connectivity index (χ0n) is 10.4. The van der Waals surface area contributed by atoms with Gasteiger partial charge in [-0.2, -0.15) is 0 Å². The topological polar surface area (TPSA) is 49.8 Å². The van der Waals surface area contributed by atoms with Crippen LogP contribution in [0.1, 0.15) is 12.0 Å². The van der Waals surface area contributed by atoms with Gasteiger partial charge < -0.3 is 14.7 Å². The van der Waals surface area contributed by atoms with Gasteiger partial charge in [-0.15, -0.1) is 0 Å². The minimum absolute atomic E-state index is 0.190. The van der Waals surface area contributed by atoms with Crippen LogP contribution in [0.3, 0.4) is 0 Å². The van der Waals surface area contributed by atoms with Crippen LogP contribution >= 0.6 is 0 Å². The molecule has 1 fully saturated rings. The van der Waals surface area contributed by atoms with Gasteiger partial charge in [-0.3, -0.25) is 4.79 Å².